The monoisotopic (exact) mass is 241 g/mol. The van der Waals surface area contributed by atoms with Crippen LogP contribution < -0.4 is 5.32 Å². The molecule has 0 aliphatic carbocycles. The van der Waals surface area contributed by atoms with Gasteiger partial charge in [0.2, 0.25) is 0 Å². The van der Waals surface area contributed by atoms with Gasteiger partial charge in [-0.25, -0.2) is 4.98 Å². The van der Waals surface area contributed by atoms with Crippen LogP contribution in [0.15, 0.2) is 36.7 Å². The van der Waals surface area contributed by atoms with E-state index in [9.17, 15) is 4.79 Å². The van der Waals surface area contributed by atoms with E-state index in [1.165, 1.54) is 0 Å². The number of benzene rings is 1. The van der Waals surface area contributed by atoms with E-state index in [-0.39, 0.29) is 0 Å². The number of carbonyl (C=O) groups excluding carboxylic acids is 1. The Morgan fingerprint density at radius 2 is 2.11 bits per heavy atom. The maximum absolute atomic E-state index is 10.8. The molecule has 1 N–H and O–H groups in total. The lowest BCUT2D eigenvalue weighted by Crippen LogP contribution is -2.04. The van der Waals surface area contributed by atoms with Crippen LogP contribution in [0, 0.1) is 0 Å². The summed E-state index contributed by atoms with van der Waals surface area (Å²) in [4.78, 5) is 19.4. The van der Waals surface area contributed by atoms with E-state index in [1.54, 1.807) is 18.5 Å². The molecule has 0 amide bonds. The van der Waals surface area contributed by atoms with E-state index >= 15 is 0 Å². The predicted octanol–water partition coefficient (Wildman–Crippen LogP) is 2.78. The minimum Gasteiger partial charge on any atom is -0.368 e. The molecule has 0 spiro atoms. The zero-order valence-corrected chi connectivity index (χ0v) is 10.3. The molecule has 0 fully saturated rings. The number of hydrogen-bond donors (Lipinski definition) is 1. The number of carbonyl (C=O) groups is 1. The standard InChI is InChI=1S/C14H15N3O/c1-2-6-16-14-13(15-7-8-17-14)12-5-3-4-11(9-12)10-18/h3-5,7-10H,2,6H2,1H3,(H,16,17). The molecule has 1 aromatic carbocycles. The van der Waals surface area contributed by atoms with Crippen molar-refractivity contribution < 1.29 is 4.79 Å². The van der Waals surface area contributed by atoms with Crippen molar-refractivity contribution in [1.82, 2.24) is 9.97 Å². The third-order valence-corrected chi connectivity index (χ3v) is 2.54. The first kappa shape index (κ1) is 12.2. The summed E-state index contributed by atoms with van der Waals surface area (Å²) >= 11 is 0. The van der Waals surface area contributed by atoms with Gasteiger partial charge in [0.15, 0.2) is 5.82 Å². The summed E-state index contributed by atoms with van der Waals surface area (Å²) in [5.41, 5.74) is 2.31. The van der Waals surface area contributed by atoms with Crippen LogP contribution in [-0.4, -0.2) is 22.8 Å². The van der Waals surface area contributed by atoms with Crippen LogP contribution >= 0.6 is 0 Å². The summed E-state index contributed by atoms with van der Waals surface area (Å²) in [6.07, 6.45) is 5.16. The highest BCUT2D eigenvalue weighted by molar-refractivity contribution is 5.80. The van der Waals surface area contributed by atoms with Crippen molar-refractivity contribution in [3.8, 4) is 11.3 Å². The first-order valence-corrected chi connectivity index (χ1v) is 5.95. The van der Waals surface area contributed by atoms with Gasteiger partial charge in [0, 0.05) is 30.1 Å². The molecule has 0 unspecified atom stereocenters. The summed E-state index contributed by atoms with van der Waals surface area (Å²) in [6, 6.07) is 7.35. The van der Waals surface area contributed by atoms with Gasteiger partial charge in [-0.2, -0.15) is 0 Å². The molecule has 0 radical (unpaired) electrons. The maximum atomic E-state index is 10.8. The second-order valence-corrected chi connectivity index (χ2v) is 3.92. The topological polar surface area (TPSA) is 54.9 Å². The Bertz CT molecular complexity index is 540. The lowest BCUT2D eigenvalue weighted by Gasteiger charge is -2.09. The van der Waals surface area contributed by atoms with Gasteiger partial charge in [0.05, 0.1) is 0 Å². The third-order valence-electron chi connectivity index (χ3n) is 2.54. The number of nitrogens with one attached hydrogen (secondary N) is 1. The quantitative estimate of drug-likeness (QED) is 0.818. The number of anilines is 1. The third kappa shape index (κ3) is 2.71. The Morgan fingerprint density at radius 1 is 1.28 bits per heavy atom. The Labute approximate surface area is 106 Å². The zero-order chi connectivity index (χ0) is 12.8. The van der Waals surface area contributed by atoms with Crippen LogP contribution in [0.3, 0.4) is 0 Å². The molecule has 1 aromatic heterocycles. The highest BCUT2D eigenvalue weighted by atomic mass is 16.1. The molecule has 0 atom stereocenters. The number of aromatic nitrogens is 2. The lowest BCUT2D eigenvalue weighted by molar-refractivity contribution is 0.112. The van der Waals surface area contributed by atoms with Crippen LogP contribution in [-0.2, 0) is 0 Å². The second kappa shape index (κ2) is 5.91. The van der Waals surface area contributed by atoms with Crippen LogP contribution in [0.5, 0.6) is 0 Å². The van der Waals surface area contributed by atoms with Crippen molar-refractivity contribution >= 4 is 12.1 Å². The molecule has 4 heteroatoms. The molecule has 0 aliphatic rings. The molecular weight excluding hydrogens is 226 g/mol. The van der Waals surface area contributed by atoms with Crippen LogP contribution in [0.25, 0.3) is 11.3 Å². The second-order valence-electron chi connectivity index (χ2n) is 3.92. The largest absolute Gasteiger partial charge is 0.368 e. The van der Waals surface area contributed by atoms with Crippen molar-refractivity contribution in [2.45, 2.75) is 13.3 Å². The zero-order valence-electron chi connectivity index (χ0n) is 10.3. The summed E-state index contributed by atoms with van der Waals surface area (Å²) in [5, 5.41) is 3.24. The van der Waals surface area contributed by atoms with Gasteiger partial charge < -0.3 is 5.32 Å². The SMILES string of the molecule is CCCNc1nccnc1-c1cccc(C=O)c1. The maximum Gasteiger partial charge on any atom is 0.152 e. The van der Waals surface area contributed by atoms with Gasteiger partial charge in [-0.3, -0.25) is 9.78 Å². The Kier molecular flexibility index (Phi) is 4.02. The normalized spacial score (nSPS) is 10.1. The molecule has 1 heterocycles. The molecule has 92 valence electrons. The van der Waals surface area contributed by atoms with Gasteiger partial charge in [0.25, 0.3) is 0 Å². The van der Waals surface area contributed by atoms with Crippen LogP contribution in [0.4, 0.5) is 5.82 Å². The van der Waals surface area contributed by atoms with Gasteiger partial charge in [0.1, 0.15) is 12.0 Å². The molecule has 0 saturated carbocycles. The van der Waals surface area contributed by atoms with Gasteiger partial charge in [-0.05, 0) is 12.5 Å². The Morgan fingerprint density at radius 3 is 2.89 bits per heavy atom. The highest BCUT2D eigenvalue weighted by Crippen LogP contribution is 2.23. The summed E-state index contributed by atoms with van der Waals surface area (Å²) < 4.78 is 0. The molecule has 2 rings (SSSR count). The molecule has 2 aromatic rings. The van der Waals surface area contributed by atoms with Crippen LogP contribution in [0.2, 0.25) is 0 Å². The highest BCUT2D eigenvalue weighted by Gasteiger charge is 2.07. The van der Waals surface area contributed by atoms with E-state index in [4.69, 9.17) is 0 Å². The van der Waals surface area contributed by atoms with E-state index in [0.29, 0.717) is 5.56 Å². The molecular formula is C14H15N3O. The average Bonchev–Trinajstić information content (AvgIpc) is 2.45. The number of aldehydes is 1. The Hall–Kier alpha value is -2.23. The minimum atomic E-state index is 0.639. The Balaban J connectivity index is 2.39. The van der Waals surface area contributed by atoms with Crippen LogP contribution in [0.1, 0.15) is 23.7 Å². The van der Waals surface area contributed by atoms with E-state index < -0.39 is 0 Å². The lowest BCUT2D eigenvalue weighted by atomic mass is 10.1. The predicted molar refractivity (Wildman–Crippen MR) is 71.6 cm³/mol. The molecule has 4 nitrogen and oxygen atoms in total. The molecule has 0 bridgehead atoms. The van der Waals surface area contributed by atoms with E-state index in [2.05, 4.69) is 22.2 Å². The van der Waals surface area contributed by atoms with Gasteiger partial charge >= 0.3 is 0 Å². The minimum absolute atomic E-state index is 0.639. The van der Waals surface area contributed by atoms with E-state index in [1.807, 2.05) is 18.2 Å². The fourth-order valence-corrected chi connectivity index (χ4v) is 1.68. The van der Waals surface area contributed by atoms with Gasteiger partial charge in [-0.1, -0.05) is 25.1 Å². The van der Waals surface area contributed by atoms with Crippen molar-refractivity contribution in [1.29, 1.82) is 0 Å². The summed E-state index contributed by atoms with van der Waals surface area (Å²) in [6.45, 7) is 2.94. The molecule has 18 heavy (non-hydrogen) atoms. The molecule has 0 aliphatic heterocycles. The van der Waals surface area contributed by atoms with Crippen molar-refractivity contribution in [3.05, 3.63) is 42.2 Å². The fourth-order valence-electron chi connectivity index (χ4n) is 1.68. The van der Waals surface area contributed by atoms with Crippen molar-refractivity contribution in [2.24, 2.45) is 0 Å². The van der Waals surface area contributed by atoms with Crippen molar-refractivity contribution in [2.75, 3.05) is 11.9 Å². The summed E-state index contributed by atoms with van der Waals surface area (Å²) in [7, 11) is 0. The first-order valence-electron chi connectivity index (χ1n) is 5.95. The number of nitrogens with zero attached hydrogens (tertiary/aromatic N) is 2. The van der Waals surface area contributed by atoms with Crippen molar-refractivity contribution in [3.63, 3.8) is 0 Å². The fraction of sp³-hybridized carbons (Fsp3) is 0.214. The number of hydrogen-bond acceptors (Lipinski definition) is 4. The van der Waals surface area contributed by atoms with Gasteiger partial charge in [-0.15, -0.1) is 0 Å². The smallest absolute Gasteiger partial charge is 0.152 e. The molecule has 0 saturated heterocycles. The summed E-state index contributed by atoms with van der Waals surface area (Å²) in [5.74, 6) is 0.752. The number of rotatable bonds is 5. The van der Waals surface area contributed by atoms with E-state index in [0.717, 1.165) is 36.3 Å². The average molecular weight is 241 g/mol. The first-order chi connectivity index (χ1) is 8.85.